The van der Waals surface area contributed by atoms with Gasteiger partial charge in [0.15, 0.2) is 6.61 Å². The minimum atomic E-state index is -0.927. The molecule has 3 aromatic rings. The molecule has 6 nitrogen and oxygen atoms in total. The van der Waals surface area contributed by atoms with Crippen LogP contribution in [0.25, 0.3) is 22.2 Å². The van der Waals surface area contributed by atoms with Gasteiger partial charge in [-0.25, -0.2) is 9.78 Å². The average molecular weight is 413 g/mol. The Morgan fingerprint density at radius 2 is 1.84 bits per heavy atom. The van der Waals surface area contributed by atoms with E-state index in [2.05, 4.69) is 11.4 Å². The number of carbonyl (C=O) groups excluding carboxylic acids is 2. The number of hydrogen-bond donors (Lipinski definition) is 1. The Kier molecular flexibility index (Phi) is 5.43. The van der Waals surface area contributed by atoms with Gasteiger partial charge in [-0.2, -0.15) is 5.26 Å². The van der Waals surface area contributed by atoms with Crippen LogP contribution in [0.2, 0.25) is 0 Å². The minimum Gasteiger partial charge on any atom is -0.452 e. The number of nitrogens with one attached hydrogen (secondary N) is 1. The highest BCUT2D eigenvalue weighted by atomic mass is 16.5. The third-order valence-electron chi connectivity index (χ3n) is 5.75. The summed E-state index contributed by atoms with van der Waals surface area (Å²) in [7, 11) is 0. The molecular weight excluding hydrogens is 390 g/mol. The van der Waals surface area contributed by atoms with Crippen LogP contribution < -0.4 is 5.32 Å². The molecule has 0 saturated heterocycles. The van der Waals surface area contributed by atoms with Gasteiger partial charge in [-0.05, 0) is 44.2 Å². The zero-order valence-corrected chi connectivity index (χ0v) is 17.5. The maximum Gasteiger partial charge on any atom is 0.339 e. The van der Waals surface area contributed by atoms with Gasteiger partial charge in [-0.1, -0.05) is 48.5 Å². The van der Waals surface area contributed by atoms with Crippen molar-refractivity contribution in [3.8, 4) is 17.3 Å². The molecule has 1 aliphatic carbocycles. The minimum absolute atomic E-state index is 0.150. The van der Waals surface area contributed by atoms with Crippen molar-refractivity contribution >= 4 is 22.8 Å². The smallest absolute Gasteiger partial charge is 0.339 e. The van der Waals surface area contributed by atoms with Gasteiger partial charge in [0.05, 0.1) is 22.8 Å². The lowest BCUT2D eigenvalue weighted by Gasteiger charge is -2.22. The van der Waals surface area contributed by atoms with Gasteiger partial charge < -0.3 is 10.1 Å². The topological polar surface area (TPSA) is 92.1 Å². The normalized spacial score (nSPS) is 15.0. The average Bonchev–Trinajstić information content (AvgIpc) is 3.64. The lowest BCUT2D eigenvalue weighted by atomic mass is 9.97. The van der Waals surface area contributed by atoms with E-state index in [4.69, 9.17) is 9.72 Å². The van der Waals surface area contributed by atoms with Gasteiger partial charge in [0.25, 0.3) is 5.91 Å². The van der Waals surface area contributed by atoms with Crippen molar-refractivity contribution in [2.24, 2.45) is 5.92 Å². The number of esters is 1. The van der Waals surface area contributed by atoms with E-state index in [1.807, 2.05) is 61.5 Å². The van der Waals surface area contributed by atoms with Crippen molar-refractivity contribution in [1.82, 2.24) is 10.3 Å². The highest BCUT2D eigenvalue weighted by Gasteiger charge is 2.43. The van der Waals surface area contributed by atoms with E-state index in [9.17, 15) is 14.9 Å². The lowest BCUT2D eigenvalue weighted by Crippen LogP contribution is -2.48. The second kappa shape index (κ2) is 8.19. The first-order chi connectivity index (χ1) is 14.9. The van der Waals surface area contributed by atoms with Gasteiger partial charge in [0.2, 0.25) is 0 Å². The molecule has 0 bridgehead atoms. The van der Waals surface area contributed by atoms with Crippen LogP contribution in [0.1, 0.15) is 35.7 Å². The molecule has 2 aromatic carbocycles. The van der Waals surface area contributed by atoms with Gasteiger partial charge in [-0.15, -0.1) is 0 Å². The Labute approximate surface area is 180 Å². The summed E-state index contributed by atoms with van der Waals surface area (Å²) in [4.78, 5) is 30.2. The third-order valence-corrected chi connectivity index (χ3v) is 5.75. The summed E-state index contributed by atoms with van der Waals surface area (Å²) in [5.74, 6) is -0.922. The highest BCUT2D eigenvalue weighted by molar-refractivity contribution is 6.06. The Hall–Kier alpha value is -3.72. The number of nitrogens with zero attached hydrogens (tertiary/aromatic N) is 2. The summed E-state index contributed by atoms with van der Waals surface area (Å²) in [6.07, 6.45) is 1.82. The summed E-state index contributed by atoms with van der Waals surface area (Å²) in [6.45, 7) is 3.09. The molecule has 1 aromatic heterocycles. The van der Waals surface area contributed by atoms with E-state index in [1.165, 1.54) is 0 Å². The molecule has 1 aliphatic rings. The van der Waals surface area contributed by atoms with Crippen molar-refractivity contribution in [1.29, 1.82) is 5.26 Å². The van der Waals surface area contributed by atoms with Crippen molar-refractivity contribution < 1.29 is 14.3 Å². The molecule has 156 valence electrons. The zero-order valence-electron chi connectivity index (χ0n) is 17.5. The fourth-order valence-corrected chi connectivity index (χ4v) is 3.86. The molecule has 4 rings (SSSR count). The monoisotopic (exact) mass is 413 g/mol. The van der Waals surface area contributed by atoms with Gasteiger partial charge >= 0.3 is 5.97 Å². The molecule has 0 unspecified atom stereocenters. The Morgan fingerprint density at radius 1 is 1.16 bits per heavy atom. The number of pyridine rings is 1. The van der Waals surface area contributed by atoms with E-state index >= 15 is 0 Å². The van der Waals surface area contributed by atoms with Crippen LogP contribution in [0.4, 0.5) is 0 Å². The molecule has 1 amide bonds. The lowest BCUT2D eigenvalue weighted by molar-refractivity contribution is -0.125. The number of amides is 1. The van der Waals surface area contributed by atoms with E-state index < -0.39 is 24.0 Å². The molecule has 6 heteroatoms. The van der Waals surface area contributed by atoms with Crippen LogP contribution in [0.5, 0.6) is 0 Å². The van der Waals surface area contributed by atoms with Gasteiger partial charge in [0.1, 0.15) is 5.54 Å². The van der Waals surface area contributed by atoms with E-state index in [0.717, 1.165) is 18.4 Å². The predicted molar refractivity (Wildman–Crippen MR) is 117 cm³/mol. The number of nitriles is 1. The second-order valence-corrected chi connectivity index (χ2v) is 8.06. The Bertz CT molecular complexity index is 1200. The molecule has 1 fully saturated rings. The molecule has 1 saturated carbocycles. The van der Waals surface area contributed by atoms with E-state index in [1.54, 1.807) is 6.92 Å². The third kappa shape index (κ3) is 4.13. The van der Waals surface area contributed by atoms with Crippen LogP contribution in [0.15, 0.2) is 54.6 Å². The first-order valence-electron chi connectivity index (χ1n) is 10.3. The molecule has 1 atom stereocenters. The number of rotatable bonds is 6. The number of benzene rings is 2. The van der Waals surface area contributed by atoms with Crippen LogP contribution >= 0.6 is 0 Å². The van der Waals surface area contributed by atoms with Crippen LogP contribution in [0.3, 0.4) is 0 Å². The van der Waals surface area contributed by atoms with Crippen LogP contribution in [0, 0.1) is 24.2 Å². The predicted octanol–water partition coefficient (Wildman–Crippen LogP) is 4.18. The number of para-hydroxylation sites is 1. The van der Waals surface area contributed by atoms with E-state index in [0.29, 0.717) is 27.7 Å². The molecule has 1 N–H and O–H groups in total. The number of carbonyl (C=O) groups is 2. The molecule has 0 spiro atoms. The highest BCUT2D eigenvalue weighted by Crippen LogP contribution is 2.39. The molecule has 1 heterocycles. The van der Waals surface area contributed by atoms with Crippen molar-refractivity contribution in [3.63, 3.8) is 0 Å². The summed E-state index contributed by atoms with van der Waals surface area (Å²) < 4.78 is 5.37. The standard InChI is InChI=1S/C25H23N3O3/c1-16-22(24(30)31-14-21(29)28-25(2,15-26)18-12-13-18)19-10-6-7-11-20(19)27-23(16)17-8-4-3-5-9-17/h3-11,18H,12-14H2,1-2H3,(H,28,29)/t25-/m1/s1. The summed E-state index contributed by atoms with van der Waals surface area (Å²) in [5.41, 5.74) is 2.42. The molecule has 31 heavy (non-hydrogen) atoms. The van der Waals surface area contributed by atoms with E-state index in [-0.39, 0.29) is 5.92 Å². The Morgan fingerprint density at radius 3 is 2.52 bits per heavy atom. The largest absolute Gasteiger partial charge is 0.452 e. The molecule has 0 aliphatic heterocycles. The first-order valence-corrected chi connectivity index (χ1v) is 10.3. The van der Waals surface area contributed by atoms with Crippen molar-refractivity contribution in [3.05, 3.63) is 65.7 Å². The SMILES string of the molecule is Cc1c(-c2ccccc2)nc2ccccc2c1C(=O)OCC(=O)N[C@](C)(C#N)C1CC1. The maximum atomic E-state index is 13.1. The molecule has 0 radical (unpaired) electrons. The van der Waals surface area contributed by atoms with Gasteiger partial charge in [0, 0.05) is 10.9 Å². The first kappa shape index (κ1) is 20.5. The fraction of sp³-hybridized carbons (Fsp3) is 0.280. The molecular formula is C25H23N3O3. The fourth-order valence-electron chi connectivity index (χ4n) is 3.86. The number of aromatic nitrogens is 1. The summed E-state index contributed by atoms with van der Waals surface area (Å²) >= 11 is 0. The van der Waals surface area contributed by atoms with Crippen LogP contribution in [-0.2, 0) is 9.53 Å². The van der Waals surface area contributed by atoms with Crippen molar-refractivity contribution in [2.45, 2.75) is 32.2 Å². The van der Waals surface area contributed by atoms with Crippen LogP contribution in [-0.4, -0.2) is 29.0 Å². The van der Waals surface area contributed by atoms with Crippen molar-refractivity contribution in [2.75, 3.05) is 6.61 Å². The quantitative estimate of drug-likeness (QED) is 0.612. The second-order valence-electron chi connectivity index (χ2n) is 8.06. The Balaban J connectivity index is 1.61. The summed E-state index contributed by atoms with van der Waals surface area (Å²) in [6, 6.07) is 19.2. The summed E-state index contributed by atoms with van der Waals surface area (Å²) in [5, 5.41) is 12.8. The van der Waals surface area contributed by atoms with Gasteiger partial charge in [-0.3, -0.25) is 4.79 Å². The maximum absolute atomic E-state index is 13.1. The number of hydrogen-bond acceptors (Lipinski definition) is 5. The zero-order chi connectivity index (χ0) is 22.0. The number of ether oxygens (including phenoxy) is 1. The number of fused-ring (bicyclic) bond motifs is 1.